The van der Waals surface area contributed by atoms with Gasteiger partial charge in [0.05, 0.1) is 12.1 Å². The molecule has 1 aliphatic heterocycles. The molecule has 106 valence electrons. The number of tetrazole rings is 1. The van der Waals surface area contributed by atoms with Crippen LogP contribution < -0.4 is 0 Å². The highest BCUT2D eigenvalue weighted by atomic mass is 16.3. The average molecular weight is 267 g/mol. The van der Waals surface area contributed by atoms with Crippen molar-refractivity contribution in [3.8, 4) is 0 Å². The molecule has 0 unspecified atom stereocenters. The monoisotopic (exact) mass is 267 g/mol. The van der Waals surface area contributed by atoms with Crippen LogP contribution >= 0.6 is 0 Å². The summed E-state index contributed by atoms with van der Waals surface area (Å²) in [6.45, 7) is 8.97. The molecule has 1 fully saturated rings. The Bertz CT molecular complexity index is 464. The van der Waals surface area contributed by atoms with Crippen LogP contribution in [0.15, 0.2) is 0 Å². The lowest BCUT2D eigenvalue weighted by atomic mass is 9.79. The highest BCUT2D eigenvalue weighted by molar-refractivity contribution is 5.76. The van der Waals surface area contributed by atoms with E-state index in [0.717, 1.165) is 0 Å². The van der Waals surface area contributed by atoms with Crippen LogP contribution in [0.2, 0.25) is 0 Å². The van der Waals surface area contributed by atoms with Crippen molar-refractivity contribution in [1.29, 1.82) is 0 Å². The van der Waals surface area contributed by atoms with Gasteiger partial charge in [0.25, 0.3) is 0 Å². The first kappa shape index (κ1) is 13.9. The van der Waals surface area contributed by atoms with Crippen molar-refractivity contribution in [2.45, 2.75) is 46.3 Å². The second-order valence-electron chi connectivity index (χ2n) is 6.11. The maximum absolute atomic E-state index is 12.2. The molecule has 1 aromatic heterocycles. The summed E-state index contributed by atoms with van der Waals surface area (Å²) in [5.41, 5.74) is -1.12. The van der Waals surface area contributed by atoms with Crippen molar-refractivity contribution >= 4 is 5.91 Å². The van der Waals surface area contributed by atoms with E-state index in [1.165, 1.54) is 0 Å². The Labute approximate surface area is 112 Å². The Morgan fingerprint density at radius 1 is 1.37 bits per heavy atom. The van der Waals surface area contributed by atoms with E-state index in [9.17, 15) is 9.90 Å². The van der Waals surface area contributed by atoms with Gasteiger partial charge in [-0.25, -0.2) is 4.68 Å². The fraction of sp³-hybridized carbons (Fsp3) is 0.833. The molecule has 0 saturated carbocycles. The summed E-state index contributed by atoms with van der Waals surface area (Å²) in [5.74, 6) is 0.724. The number of carbonyl (C=O) groups excluding carboxylic acids is 1. The van der Waals surface area contributed by atoms with Crippen LogP contribution in [0.25, 0.3) is 0 Å². The van der Waals surface area contributed by atoms with Crippen LogP contribution in [0.4, 0.5) is 0 Å². The molecule has 0 radical (unpaired) electrons. The lowest BCUT2D eigenvalue weighted by Gasteiger charge is -2.30. The third kappa shape index (κ3) is 2.60. The largest absolute Gasteiger partial charge is 0.388 e. The quantitative estimate of drug-likeness (QED) is 0.832. The van der Waals surface area contributed by atoms with E-state index in [1.54, 1.807) is 23.4 Å². The van der Waals surface area contributed by atoms with Gasteiger partial charge in [-0.15, -0.1) is 5.10 Å². The molecule has 7 heteroatoms. The van der Waals surface area contributed by atoms with Crippen molar-refractivity contribution < 1.29 is 9.90 Å². The standard InChI is InChI=1S/C12H21N5O2/c1-9-13-14-15-17(9)6-5-10(18)16-7-11(2,3)12(4,19)8-16/h19H,5-8H2,1-4H3/t12-/m0/s1. The summed E-state index contributed by atoms with van der Waals surface area (Å²) in [7, 11) is 0. The summed E-state index contributed by atoms with van der Waals surface area (Å²) in [5, 5.41) is 21.4. The van der Waals surface area contributed by atoms with E-state index < -0.39 is 5.60 Å². The Hall–Kier alpha value is -1.50. The highest BCUT2D eigenvalue weighted by Crippen LogP contribution is 2.38. The number of hydrogen-bond acceptors (Lipinski definition) is 5. The number of nitrogens with zero attached hydrogens (tertiary/aromatic N) is 5. The van der Waals surface area contributed by atoms with Crippen molar-refractivity contribution in [2.75, 3.05) is 13.1 Å². The molecule has 2 rings (SSSR count). The second kappa shape index (κ2) is 4.56. The molecule has 19 heavy (non-hydrogen) atoms. The van der Waals surface area contributed by atoms with Gasteiger partial charge in [-0.1, -0.05) is 13.8 Å². The number of carbonyl (C=O) groups is 1. The van der Waals surface area contributed by atoms with Crippen LogP contribution in [0, 0.1) is 12.3 Å². The molecular weight excluding hydrogens is 246 g/mol. The van der Waals surface area contributed by atoms with Gasteiger partial charge in [-0.3, -0.25) is 4.79 Å². The van der Waals surface area contributed by atoms with Crippen molar-refractivity contribution in [3.05, 3.63) is 5.82 Å². The minimum atomic E-state index is -0.840. The number of likely N-dealkylation sites (tertiary alicyclic amines) is 1. The second-order valence-corrected chi connectivity index (χ2v) is 6.11. The Kier molecular flexibility index (Phi) is 3.34. The SMILES string of the molecule is Cc1nnnn1CCC(=O)N1CC(C)(C)[C@@](C)(O)C1. The lowest BCUT2D eigenvalue weighted by molar-refractivity contribution is -0.131. The summed E-state index contributed by atoms with van der Waals surface area (Å²) in [6, 6.07) is 0. The number of amides is 1. The Morgan fingerprint density at radius 2 is 2.05 bits per heavy atom. The maximum atomic E-state index is 12.2. The Morgan fingerprint density at radius 3 is 2.53 bits per heavy atom. The summed E-state index contributed by atoms with van der Waals surface area (Å²) in [6.07, 6.45) is 0.345. The van der Waals surface area contributed by atoms with Crippen molar-refractivity contribution in [2.24, 2.45) is 5.41 Å². The van der Waals surface area contributed by atoms with Gasteiger partial charge in [0.2, 0.25) is 5.91 Å². The predicted octanol–water partition coefficient (Wildman–Crippen LogP) is -0.00898. The van der Waals surface area contributed by atoms with E-state index in [0.29, 0.717) is 31.9 Å². The first-order chi connectivity index (χ1) is 8.73. The number of β-amino-alcohol motifs (C(OH)–C–C–N with tert-alkyl or cyclic N) is 1. The Balaban J connectivity index is 1.94. The van der Waals surface area contributed by atoms with Crippen LogP contribution in [-0.4, -0.2) is 54.8 Å². The third-order valence-electron chi connectivity index (χ3n) is 4.14. The number of aliphatic hydroxyl groups is 1. The van der Waals surface area contributed by atoms with E-state index in [-0.39, 0.29) is 11.3 Å². The van der Waals surface area contributed by atoms with Crippen molar-refractivity contribution in [1.82, 2.24) is 25.1 Å². The van der Waals surface area contributed by atoms with Crippen LogP contribution in [0.5, 0.6) is 0 Å². The zero-order valence-electron chi connectivity index (χ0n) is 11.9. The van der Waals surface area contributed by atoms with Crippen LogP contribution in [0.1, 0.15) is 33.0 Å². The van der Waals surface area contributed by atoms with E-state index in [4.69, 9.17) is 0 Å². The number of aromatic nitrogens is 4. The summed E-state index contributed by atoms with van der Waals surface area (Å²) < 4.78 is 1.61. The van der Waals surface area contributed by atoms with Gasteiger partial charge < -0.3 is 10.0 Å². The summed E-state index contributed by atoms with van der Waals surface area (Å²) >= 11 is 0. The molecule has 2 heterocycles. The molecule has 1 amide bonds. The number of hydrogen-bond donors (Lipinski definition) is 1. The van der Waals surface area contributed by atoms with Crippen molar-refractivity contribution in [3.63, 3.8) is 0 Å². The average Bonchev–Trinajstić information content (AvgIpc) is 2.78. The predicted molar refractivity (Wildman–Crippen MR) is 68.2 cm³/mol. The van der Waals surface area contributed by atoms with Gasteiger partial charge in [0.1, 0.15) is 5.82 Å². The number of aryl methyl sites for hydroxylation is 2. The molecule has 1 saturated heterocycles. The van der Waals surface area contributed by atoms with Gasteiger partial charge >= 0.3 is 0 Å². The minimum absolute atomic E-state index is 0.0285. The van der Waals surface area contributed by atoms with E-state index in [2.05, 4.69) is 15.5 Å². The van der Waals surface area contributed by atoms with Gasteiger partial charge in [0.15, 0.2) is 0 Å². The van der Waals surface area contributed by atoms with Gasteiger partial charge in [-0.05, 0) is 24.3 Å². The van der Waals surface area contributed by atoms with Crippen LogP contribution in [0.3, 0.4) is 0 Å². The third-order valence-corrected chi connectivity index (χ3v) is 4.14. The zero-order chi connectivity index (χ0) is 14.3. The molecule has 1 N–H and O–H groups in total. The van der Waals surface area contributed by atoms with Gasteiger partial charge in [0, 0.05) is 24.9 Å². The first-order valence-corrected chi connectivity index (χ1v) is 6.46. The fourth-order valence-corrected chi connectivity index (χ4v) is 2.28. The van der Waals surface area contributed by atoms with Gasteiger partial charge in [-0.2, -0.15) is 0 Å². The van der Waals surface area contributed by atoms with Crippen LogP contribution in [-0.2, 0) is 11.3 Å². The topological polar surface area (TPSA) is 84.1 Å². The minimum Gasteiger partial charge on any atom is -0.388 e. The molecule has 1 aromatic rings. The molecule has 1 aliphatic rings. The highest BCUT2D eigenvalue weighted by Gasteiger charge is 2.48. The van der Waals surface area contributed by atoms with E-state index >= 15 is 0 Å². The molecule has 0 aromatic carbocycles. The van der Waals surface area contributed by atoms with E-state index in [1.807, 2.05) is 13.8 Å². The molecule has 1 atom stereocenters. The summed E-state index contributed by atoms with van der Waals surface area (Å²) in [4.78, 5) is 13.9. The lowest BCUT2D eigenvalue weighted by Crippen LogP contribution is -2.40. The number of rotatable bonds is 3. The maximum Gasteiger partial charge on any atom is 0.224 e. The smallest absolute Gasteiger partial charge is 0.224 e. The normalized spacial score (nSPS) is 25.8. The molecular formula is C12H21N5O2. The first-order valence-electron chi connectivity index (χ1n) is 6.46. The molecule has 0 aliphatic carbocycles. The zero-order valence-corrected chi connectivity index (χ0v) is 11.9. The molecule has 7 nitrogen and oxygen atoms in total. The fourth-order valence-electron chi connectivity index (χ4n) is 2.28. The molecule has 0 bridgehead atoms. The molecule has 0 spiro atoms.